The van der Waals surface area contributed by atoms with Gasteiger partial charge in [-0.2, -0.15) is 0 Å². The number of likely N-dealkylation sites (tertiary alicyclic amines) is 1. The van der Waals surface area contributed by atoms with Gasteiger partial charge in [0.05, 0.1) is 6.54 Å². The summed E-state index contributed by atoms with van der Waals surface area (Å²) in [5.41, 5.74) is 7.11. The van der Waals surface area contributed by atoms with Crippen LogP contribution in [0.3, 0.4) is 0 Å². The lowest BCUT2D eigenvalue weighted by Crippen LogP contribution is -2.41. The van der Waals surface area contributed by atoms with Crippen LogP contribution >= 0.6 is 0 Å². The van der Waals surface area contributed by atoms with Crippen molar-refractivity contribution in [2.75, 3.05) is 32.8 Å². The molecule has 0 aromatic heterocycles. The highest BCUT2D eigenvalue weighted by atomic mass is 19.1. The van der Waals surface area contributed by atoms with Crippen LogP contribution in [0.2, 0.25) is 0 Å². The number of nitrogens with zero attached hydrogens (tertiary/aromatic N) is 2. The second kappa shape index (κ2) is 7.97. The number of halogens is 1. The molecule has 2 heterocycles. The smallest absolute Gasteiger partial charge is 0.191 e. The van der Waals surface area contributed by atoms with E-state index >= 15 is 0 Å². The third-order valence-electron chi connectivity index (χ3n) is 5.36. The lowest BCUT2D eigenvalue weighted by atomic mass is 9.74. The molecule has 0 aliphatic carbocycles. The van der Waals surface area contributed by atoms with Crippen molar-refractivity contribution in [2.24, 2.45) is 10.7 Å². The Labute approximate surface area is 143 Å². The first-order valence-corrected chi connectivity index (χ1v) is 9.08. The molecule has 5 heteroatoms. The first kappa shape index (κ1) is 17.2. The van der Waals surface area contributed by atoms with Gasteiger partial charge in [-0.1, -0.05) is 25.0 Å². The van der Waals surface area contributed by atoms with Crippen molar-refractivity contribution in [3.05, 3.63) is 35.6 Å². The molecule has 4 nitrogen and oxygen atoms in total. The van der Waals surface area contributed by atoms with Crippen molar-refractivity contribution >= 4 is 5.96 Å². The molecule has 3 rings (SSSR count). The predicted octanol–water partition coefficient (Wildman–Crippen LogP) is 3.06. The minimum Gasteiger partial charge on any atom is -0.381 e. The van der Waals surface area contributed by atoms with Crippen LogP contribution < -0.4 is 5.73 Å². The number of nitrogens with two attached hydrogens (primary N) is 1. The van der Waals surface area contributed by atoms with Crippen LogP contribution in [0.4, 0.5) is 4.39 Å². The minimum absolute atomic E-state index is 0.170. The Morgan fingerprint density at radius 2 is 1.88 bits per heavy atom. The molecule has 0 spiro atoms. The summed E-state index contributed by atoms with van der Waals surface area (Å²) < 4.78 is 19.3. The summed E-state index contributed by atoms with van der Waals surface area (Å²) in [5, 5.41) is 0. The third-order valence-corrected chi connectivity index (χ3v) is 5.36. The first-order valence-electron chi connectivity index (χ1n) is 9.08. The Kier molecular flexibility index (Phi) is 5.72. The van der Waals surface area contributed by atoms with Gasteiger partial charge >= 0.3 is 0 Å². The molecular formula is C19H28FN3O. The van der Waals surface area contributed by atoms with E-state index in [1.807, 2.05) is 6.07 Å². The SMILES string of the molecule is NC(=NCC1(c2cccc(F)c2)CCOCC1)N1CCCCCC1. The Bertz CT molecular complexity index is 561. The summed E-state index contributed by atoms with van der Waals surface area (Å²) in [4.78, 5) is 6.93. The molecule has 2 saturated heterocycles. The van der Waals surface area contributed by atoms with Crippen LogP contribution in [-0.2, 0) is 10.2 Å². The Hall–Kier alpha value is -1.62. The van der Waals surface area contributed by atoms with Gasteiger partial charge < -0.3 is 15.4 Å². The van der Waals surface area contributed by atoms with E-state index in [4.69, 9.17) is 15.5 Å². The summed E-state index contributed by atoms with van der Waals surface area (Å²) in [5.74, 6) is 0.446. The van der Waals surface area contributed by atoms with Crippen molar-refractivity contribution in [3.8, 4) is 0 Å². The highest BCUT2D eigenvalue weighted by Gasteiger charge is 2.34. The molecule has 2 aliphatic heterocycles. The molecule has 24 heavy (non-hydrogen) atoms. The number of guanidine groups is 1. The minimum atomic E-state index is -0.192. The molecule has 0 bridgehead atoms. The molecule has 2 aliphatic rings. The van der Waals surface area contributed by atoms with Gasteiger partial charge in [-0.25, -0.2) is 4.39 Å². The predicted molar refractivity (Wildman–Crippen MR) is 94.7 cm³/mol. The van der Waals surface area contributed by atoms with Crippen molar-refractivity contribution in [1.82, 2.24) is 4.90 Å². The van der Waals surface area contributed by atoms with E-state index in [1.54, 1.807) is 12.1 Å². The summed E-state index contributed by atoms with van der Waals surface area (Å²) in [6.07, 6.45) is 6.61. The lowest BCUT2D eigenvalue weighted by Gasteiger charge is -2.37. The lowest BCUT2D eigenvalue weighted by molar-refractivity contribution is 0.0529. The summed E-state index contributed by atoms with van der Waals surface area (Å²) in [6, 6.07) is 6.92. The van der Waals surface area contributed by atoms with Gasteiger partial charge in [-0.05, 0) is 43.4 Å². The second-order valence-electron chi connectivity index (χ2n) is 6.98. The normalized spacial score (nSPS) is 22.2. The Morgan fingerprint density at radius 1 is 1.17 bits per heavy atom. The number of rotatable bonds is 3. The topological polar surface area (TPSA) is 50.9 Å². The number of aliphatic imine (C=N–C) groups is 1. The number of hydrogen-bond acceptors (Lipinski definition) is 2. The maximum absolute atomic E-state index is 13.7. The van der Waals surface area contributed by atoms with E-state index in [1.165, 1.54) is 31.7 Å². The van der Waals surface area contributed by atoms with E-state index in [-0.39, 0.29) is 11.2 Å². The fourth-order valence-corrected chi connectivity index (χ4v) is 3.75. The van der Waals surface area contributed by atoms with Crippen LogP contribution in [0.25, 0.3) is 0 Å². The molecule has 132 valence electrons. The van der Waals surface area contributed by atoms with Crippen LogP contribution in [0, 0.1) is 5.82 Å². The Morgan fingerprint density at radius 3 is 2.54 bits per heavy atom. The van der Waals surface area contributed by atoms with Crippen molar-refractivity contribution in [3.63, 3.8) is 0 Å². The van der Waals surface area contributed by atoms with Gasteiger partial charge in [-0.15, -0.1) is 0 Å². The third kappa shape index (κ3) is 4.07. The van der Waals surface area contributed by atoms with E-state index in [0.29, 0.717) is 25.7 Å². The summed E-state index contributed by atoms with van der Waals surface area (Å²) in [6.45, 7) is 3.96. The number of ether oxygens (including phenoxy) is 1. The van der Waals surface area contributed by atoms with Gasteiger partial charge in [0.1, 0.15) is 5.82 Å². The average Bonchev–Trinajstić information content (AvgIpc) is 2.90. The van der Waals surface area contributed by atoms with Crippen molar-refractivity contribution in [2.45, 2.75) is 43.9 Å². The summed E-state index contributed by atoms with van der Waals surface area (Å²) >= 11 is 0. The summed E-state index contributed by atoms with van der Waals surface area (Å²) in [7, 11) is 0. The molecule has 2 fully saturated rings. The molecule has 0 radical (unpaired) electrons. The Balaban J connectivity index is 1.78. The maximum Gasteiger partial charge on any atom is 0.191 e. The van der Waals surface area contributed by atoms with E-state index in [0.717, 1.165) is 31.5 Å². The molecule has 1 aromatic rings. The van der Waals surface area contributed by atoms with Gasteiger partial charge in [0, 0.05) is 31.7 Å². The zero-order chi connectivity index (χ0) is 16.8. The van der Waals surface area contributed by atoms with Gasteiger partial charge in [0.15, 0.2) is 5.96 Å². The first-order chi connectivity index (χ1) is 11.7. The van der Waals surface area contributed by atoms with E-state index in [2.05, 4.69) is 4.90 Å². The largest absolute Gasteiger partial charge is 0.381 e. The second-order valence-corrected chi connectivity index (χ2v) is 6.98. The quantitative estimate of drug-likeness (QED) is 0.683. The molecule has 0 atom stereocenters. The van der Waals surface area contributed by atoms with E-state index < -0.39 is 0 Å². The average molecular weight is 333 g/mol. The molecule has 2 N–H and O–H groups in total. The van der Waals surface area contributed by atoms with Crippen LogP contribution in [0.5, 0.6) is 0 Å². The molecule has 0 saturated carbocycles. The molecule has 0 unspecified atom stereocenters. The van der Waals surface area contributed by atoms with Crippen LogP contribution in [-0.4, -0.2) is 43.7 Å². The van der Waals surface area contributed by atoms with Crippen molar-refractivity contribution in [1.29, 1.82) is 0 Å². The highest BCUT2D eigenvalue weighted by Crippen LogP contribution is 2.35. The standard InChI is InChI=1S/C19H28FN3O/c20-17-7-5-6-16(14-17)19(8-12-24-13-9-19)15-22-18(21)23-10-3-1-2-4-11-23/h5-7,14H,1-4,8-13,15H2,(H2,21,22). The maximum atomic E-state index is 13.7. The fraction of sp³-hybridized carbons (Fsp3) is 0.632. The van der Waals surface area contributed by atoms with Gasteiger partial charge in [0.2, 0.25) is 0 Å². The van der Waals surface area contributed by atoms with Crippen LogP contribution in [0.1, 0.15) is 44.1 Å². The van der Waals surface area contributed by atoms with Crippen LogP contribution in [0.15, 0.2) is 29.3 Å². The molecule has 1 aromatic carbocycles. The number of hydrogen-bond donors (Lipinski definition) is 1. The zero-order valence-electron chi connectivity index (χ0n) is 14.3. The zero-order valence-corrected chi connectivity index (χ0v) is 14.3. The molecular weight excluding hydrogens is 305 g/mol. The molecule has 0 amide bonds. The number of benzene rings is 1. The fourth-order valence-electron chi connectivity index (χ4n) is 3.75. The van der Waals surface area contributed by atoms with Gasteiger partial charge in [-0.3, -0.25) is 4.99 Å². The monoisotopic (exact) mass is 333 g/mol. The van der Waals surface area contributed by atoms with E-state index in [9.17, 15) is 4.39 Å². The van der Waals surface area contributed by atoms with Crippen molar-refractivity contribution < 1.29 is 9.13 Å². The highest BCUT2D eigenvalue weighted by molar-refractivity contribution is 5.78. The van der Waals surface area contributed by atoms with Gasteiger partial charge in [0.25, 0.3) is 0 Å².